The highest BCUT2D eigenvalue weighted by Gasteiger charge is 2.11. The third-order valence-corrected chi connectivity index (χ3v) is 1.38. The van der Waals surface area contributed by atoms with Crippen LogP contribution in [-0.2, 0) is 4.74 Å². The summed E-state index contributed by atoms with van der Waals surface area (Å²) in [4.78, 5) is 10.9. The summed E-state index contributed by atoms with van der Waals surface area (Å²) in [6, 6.07) is 5.51. The Kier molecular flexibility index (Phi) is 3.71. The van der Waals surface area contributed by atoms with Crippen molar-refractivity contribution in [2.45, 2.75) is 12.5 Å². The zero-order chi connectivity index (χ0) is 10.6. The molecule has 0 spiro atoms. The summed E-state index contributed by atoms with van der Waals surface area (Å²) in [5.74, 6) is -0.818. The van der Waals surface area contributed by atoms with E-state index in [1.165, 1.54) is 31.2 Å². The second kappa shape index (κ2) is 4.81. The molecule has 0 unspecified atom stereocenters. The number of carbonyl (C=O) groups is 1. The number of benzene rings is 1. The fraction of sp³-hybridized carbons (Fsp3) is 0.222. The highest BCUT2D eigenvalue weighted by molar-refractivity contribution is 6.19. The molecule has 0 aromatic heterocycles. The molecule has 0 saturated carbocycles. The molecule has 1 rings (SSSR count). The molecule has 1 aromatic rings. The van der Waals surface area contributed by atoms with Crippen molar-refractivity contribution in [3.63, 3.8) is 0 Å². The first-order valence-electron chi connectivity index (χ1n) is 3.86. The molecule has 0 amide bonds. The van der Waals surface area contributed by atoms with E-state index in [0.717, 1.165) is 0 Å². The van der Waals surface area contributed by atoms with Crippen LogP contribution in [0.2, 0.25) is 0 Å². The van der Waals surface area contributed by atoms with Crippen molar-refractivity contribution in [2.75, 3.05) is 0 Å². The zero-order valence-corrected chi connectivity index (χ0v) is 8.12. The predicted molar refractivity (Wildman–Crippen MR) is 48.8 cm³/mol. The minimum absolute atomic E-state index is 0.185. The van der Waals surface area contributed by atoms with Crippen LogP contribution in [0.4, 0.5) is 9.18 Å². The van der Waals surface area contributed by atoms with E-state index in [2.05, 4.69) is 9.47 Å². The minimum Gasteiger partial charge on any atom is -0.415 e. The van der Waals surface area contributed by atoms with Crippen LogP contribution >= 0.6 is 11.6 Å². The smallest absolute Gasteiger partial charge is 0.415 e. The second-order valence-electron chi connectivity index (χ2n) is 2.44. The van der Waals surface area contributed by atoms with Gasteiger partial charge in [0.25, 0.3) is 0 Å². The zero-order valence-electron chi connectivity index (χ0n) is 7.37. The fourth-order valence-corrected chi connectivity index (χ4v) is 0.847. The van der Waals surface area contributed by atoms with Gasteiger partial charge in [0, 0.05) is 0 Å². The molecule has 0 radical (unpaired) electrons. The summed E-state index contributed by atoms with van der Waals surface area (Å²) in [7, 11) is 0. The molecular weight excluding hydrogens is 211 g/mol. The monoisotopic (exact) mass is 218 g/mol. The summed E-state index contributed by atoms with van der Waals surface area (Å²) in [6.07, 6.45) is -1.03. The maximum absolute atomic E-state index is 12.9. The molecule has 76 valence electrons. The molecule has 1 atom stereocenters. The van der Waals surface area contributed by atoms with Crippen molar-refractivity contribution >= 4 is 17.8 Å². The Morgan fingerprint density at radius 1 is 1.50 bits per heavy atom. The predicted octanol–water partition coefficient (Wildman–Crippen LogP) is 2.93. The first kappa shape index (κ1) is 10.8. The van der Waals surface area contributed by atoms with E-state index in [1.54, 1.807) is 0 Å². The van der Waals surface area contributed by atoms with E-state index in [0.29, 0.717) is 0 Å². The Morgan fingerprint density at radius 3 is 2.71 bits per heavy atom. The van der Waals surface area contributed by atoms with Crippen LogP contribution in [0.3, 0.4) is 0 Å². The van der Waals surface area contributed by atoms with Gasteiger partial charge in [-0.15, -0.1) is 0 Å². The molecule has 0 N–H and O–H groups in total. The summed E-state index contributed by atoms with van der Waals surface area (Å²) >= 11 is 5.36. The molecule has 14 heavy (non-hydrogen) atoms. The molecule has 0 fully saturated rings. The van der Waals surface area contributed by atoms with Crippen molar-refractivity contribution < 1.29 is 18.7 Å². The molecule has 1 aromatic carbocycles. The Balaban J connectivity index is 2.61. The van der Waals surface area contributed by atoms with Crippen LogP contribution in [0.15, 0.2) is 24.3 Å². The van der Waals surface area contributed by atoms with Crippen molar-refractivity contribution in [2.24, 2.45) is 0 Å². The van der Waals surface area contributed by atoms with Gasteiger partial charge in [-0.05, 0) is 19.1 Å². The van der Waals surface area contributed by atoms with Gasteiger partial charge >= 0.3 is 6.16 Å². The molecule has 0 aliphatic carbocycles. The summed E-state index contributed by atoms with van der Waals surface area (Å²) in [5.41, 5.74) is -0.811. The lowest BCUT2D eigenvalue weighted by Crippen LogP contribution is -2.14. The molecule has 5 heteroatoms. The lowest BCUT2D eigenvalue weighted by atomic mass is 10.3. The van der Waals surface area contributed by atoms with Gasteiger partial charge in [-0.3, -0.25) is 0 Å². The number of halogens is 2. The third-order valence-electron chi connectivity index (χ3n) is 1.29. The molecule has 0 heterocycles. The van der Waals surface area contributed by atoms with Gasteiger partial charge in [-0.1, -0.05) is 23.7 Å². The summed E-state index contributed by atoms with van der Waals surface area (Å²) in [6.45, 7) is 1.45. The fourth-order valence-electron chi connectivity index (χ4n) is 0.774. The topological polar surface area (TPSA) is 35.5 Å². The second-order valence-corrected chi connectivity index (χ2v) is 3.06. The lowest BCUT2D eigenvalue weighted by molar-refractivity contribution is 0.0909. The molecular formula is C9H8ClFO3. The van der Waals surface area contributed by atoms with E-state index in [1.807, 2.05) is 0 Å². The molecule has 0 saturated heterocycles. The minimum atomic E-state index is -1.03. The van der Waals surface area contributed by atoms with Crippen molar-refractivity contribution in [1.29, 1.82) is 0 Å². The van der Waals surface area contributed by atoms with Crippen molar-refractivity contribution in [3.05, 3.63) is 30.1 Å². The van der Waals surface area contributed by atoms with Gasteiger partial charge in [-0.2, -0.15) is 0 Å². The van der Waals surface area contributed by atoms with Crippen LogP contribution in [0.25, 0.3) is 0 Å². The van der Waals surface area contributed by atoms with E-state index in [9.17, 15) is 9.18 Å². The highest BCUT2D eigenvalue weighted by atomic mass is 35.5. The standard InChI is InChI=1S/C9H8ClFO3/c1-6(10)13-9(12)14-8-5-3-2-4-7(8)11/h2-6H,1H3/t6-/m1/s1. The number of alkyl halides is 1. The number of ether oxygens (including phenoxy) is 2. The number of hydrogen-bond donors (Lipinski definition) is 0. The van der Waals surface area contributed by atoms with E-state index in [-0.39, 0.29) is 5.75 Å². The number of carbonyl (C=O) groups excluding carboxylic acids is 1. The average Bonchev–Trinajstić information content (AvgIpc) is 2.07. The van der Waals surface area contributed by atoms with Gasteiger partial charge in [0.2, 0.25) is 0 Å². The van der Waals surface area contributed by atoms with Gasteiger partial charge < -0.3 is 9.47 Å². The first-order chi connectivity index (χ1) is 6.59. The SMILES string of the molecule is C[C@H](Cl)OC(=O)Oc1ccccc1F. The van der Waals surface area contributed by atoms with Crippen LogP contribution in [-0.4, -0.2) is 11.7 Å². The number of para-hydroxylation sites is 1. The molecule has 3 nitrogen and oxygen atoms in total. The van der Waals surface area contributed by atoms with E-state index >= 15 is 0 Å². The Morgan fingerprint density at radius 2 is 2.14 bits per heavy atom. The molecule has 0 bridgehead atoms. The van der Waals surface area contributed by atoms with Gasteiger partial charge in [0.05, 0.1) is 0 Å². The molecule has 0 aliphatic rings. The van der Waals surface area contributed by atoms with E-state index in [4.69, 9.17) is 11.6 Å². The summed E-state index contributed by atoms with van der Waals surface area (Å²) < 4.78 is 21.9. The Bertz CT molecular complexity index is 328. The lowest BCUT2D eigenvalue weighted by Gasteiger charge is -2.06. The van der Waals surface area contributed by atoms with Crippen LogP contribution in [0.1, 0.15) is 6.92 Å². The van der Waals surface area contributed by atoms with Crippen LogP contribution < -0.4 is 4.74 Å². The van der Waals surface area contributed by atoms with Crippen molar-refractivity contribution in [1.82, 2.24) is 0 Å². The van der Waals surface area contributed by atoms with Gasteiger partial charge in [0.1, 0.15) is 0 Å². The van der Waals surface area contributed by atoms with Gasteiger partial charge in [-0.25, -0.2) is 9.18 Å². The molecule has 0 aliphatic heterocycles. The maximum atomic E-state index is 12.9. The number of rotatable bonds is 2. The third kappa shape index (κ3) is 3.22. The van der Waals surface area contributed by atoms with Crippen molar-refractivity contribution in [3.8, 4) is 5.75 Å². The first-order valence-corrected chi connectivity index (χ1v) is 4.30. The summed E-state index contributed by atoms with van der Waals surface area (Å²) in [5, 5.41) is 0. The normalized spacial score (nSPS) is 11.9. The quantitative estimate of drug-likeness (QED) is 0.435. The van der Waals surface area contributed by atoms with Crippen LogP contribution in [0.5, 0.6) is 5.75 Å². The average molecular weight is 219 g/mol. The van der Waals surface area contributed by atoms with E-state index < -0.39 is 17.5 Å². The maximum Gasteiger partial charge on any atom is 0.515 e. The highest BCUT2D eigenvalue weighted by Crippen LogP contribution is 2.16. The number of hydrogen-bond acceptors (Lipinski definition) is 3. The Hall–Kier alpha value is -1.29. The van der Waals surface area contributed by atoms with Crippen LogP contribution in [0, 0.1) is 5.82 Å². The largest absolute Gasteiger partial charge is 0.515 e. The Labute approximate surface area is 85.4 Å². The van der Waals surface area contributed by atoms with Gasteiger partial charge in [0.15, 0.2) is 17.1 Å².